The van der Waals surface area contributed by atoms with Crippen molar-refractivity contribution in [2.24, 2.45) is 5.92 Å². The van der Waals surface area contributed by atoms with Gasteiger partial charge in [-0.2, -0.15) is 0 Å². The third-order valence-electron chi connectivity index (χ3n) is 3.60. The maximum atomic E-state index is 11.8. The van der Waals surface area contributed by atoms with E-state index in [-0.39, 0.29) is 5.91 Å². The number of nitrogens with zero attached hydrogens (tertiary/aromatic N) is 1. The predicted octanol–water partition coefficient (Wildman–Crippen LogP) is 1.16. The van der Waals surface area contributed by atoms with Gasteiger partial charge in [0, 0.05) is 13.1 Å². The molecule has 0 unspecified atom stereocenters. The summed E-state index contributed by atoms with van der Waals surface area (Å²) >= 11 is 0. The third-order valence-corrected chi connectivity index (χ3v) is 3.60. The Bertz CT molecular complexity index is 227. The number of carbonyl (C=O) groups excluding carboxylic acids is 1. The fourth-order valence-corrected chi connectivity index (χ4v) is 2.17. The van der Waals surface area contributed by atoms with E-state index in [0.717, 1.165) is 31.8 Å². The van der Waals surface area contributed by atoms with Crippen LogP contribution in [0.1, 0.15) is 39.0 Å². The van der Waals surface area contributed by atoms with Gasteiger partial charge < -0.3 is 10.0 Å². The molecule has 14 heavy (non-hydrogen) atoms. The molecule has 1 aliphatic heterocycles. The van der Waals surface area contributed by atoms with E-state index in [2.05, 4.69) is 6.92 Å². The maximum Gasteiger partial charge on any atom is 0.254 e. The minimum atomic E-state index is -0.959. The summed E-state index contributed by atoms with van der Waals surface area (Å²) < 4.78 is 0. The number of rotatable bonds is 2. The van der Waals surface area contributed by atoms with E-state index >= 15 is 0 Å². The SMILES string of the molecule is CCC1CCN(C(=O)C2(O)CC2)CC1. The van der Waals surface area contributed by atoms with Crippen molar-refractivity contribution in [3.63, 3.8) is 0 Å². The Balaban J connectivity index is 1.86. The van der Waals surface area contributed by atoms with Gasteiger partial charge in [0.2, 0.25) is 0 Å². The highest BCUT2D eigenvalue weighted by Gasteiger charge is 2.50. The van der Waals surface area contributed by atoms with Crippen LogP contribution in [0.5, 0.6) is 0 Å². The van der Waals surface area contributed by atoms with E-state index < -0.39 is 5.60 Å². The molecule has 0 aromatic carbocycles. The first kappa shape index (κ1) is 9.97. The van der Waals surface area contributed by atoms with Crippen LogP contribution in [0, 0.1) is 5.92 Å². The summed E-state index contributed by atoms with van der Waals surface area (Å²) in [6, 6.07) is 0. The van der Waals surface area contributed by atoms with Gasteiger partial charge in [-0.05, 0) is 31.6 Å². The Morgan fingerprint density at radius 3 is 2.43 bits per heavy atom. The fourth-order valence-electron chi connectivity index (χ4n) is 2.17. The molecule has 0 bridgehead atoms. The molecule has 0 aromatic heterocycles. The van der Waals surface area contributed by atoms with Gasteiger partial charge in [-0.25, -0.2) is 0 Å². The van der Waals surface area contributed by atoms with Crippen molar-refractivity contribution in [1.82, 2.24) is 4.90 Å². The molecule has 0 spiro atoms. The van der Waals surface area contributed by atoms with Crippen LogP contribution in [-0.2, 0) is 4.79 Å². The predicted molar refractivity (Wildman–Crippen MR) is 53.8 cm³/mol. The molecule has 1 N–H and O–H groups in total. The van der Waals surface area contributed by atoms with Crippen LogP contribution in [0.15, 0.2) is 0 Å². The Hall–Kier alpha value is -0.570. The third kappa shape index (κ3) is 1.78. The van der Waals surface area contributed by atoms with Gasteiger partial charge in [0.15, 0.2) is 0 Å². The molecule has 1 saturated carbocycles. The molecule has 3 nitrogen and oxygen atoms in total. The number of carbonyl (C=O) groups is 1. The molecule has 1 heterocycles. The Labute approximate surface area is 85.1 Å². The smallest absolute Gasteiger partial charge is 0.254 e. The largest absolute Gasteiger partial charge is 0.380 e. The van der Waals surface area contributed by atoms with Crippen molar-refractivity contribution in [2.45, 2.75) is 44.6 Å². The highest BCUT2D eigenvalue weighted by Crippen LogP contribution is 2.37. The molecule has 0 atom stereocenters. The Morgan fingerprint density at radius 2 is 2.00 bits per heavy atom. The molecular weight excluding hydrogens is 178 g/mol. The van der Waals surface area contributed by atoms with Crippen LogP contribution in [0.4, 0.5) is 0 Å². The molecule has 2 rings (SSSR count). The average molecular weight is 197 g/mol. The first-order chi connectivity index (χ1) is 6.65. The number of hydrogen-bond donors (Lipinski definition) is 1. The Morgan fingerprint density at radius 1 is 1.43 bits per heavy atom. The van der Waals surface area contributed by atoms with Crippen molar-refractivity contribution in [3.8, 4) is 0 Å². The second-order valence-corrected chi connectivity index (χ2v) is 4.68. The van der Waals surface area contributed by atoms with E-state index in [4.69, 9.17) is 0 Å². The van der Waals surface area contributed by atoms with Crippen LogP contribution in [0.25, 0.3) is 0 Å². The van der Waals surface area contributed by atoms with Gasteiger partial charge >= 0.3 is 0 Å². The second-order valence-electron chi connectivity index (χ2n) is 4.68. The number of aliphatic hydroxyl groups is 1. The van der Waals surface area contributed by atoms with Gasteiger partial charge in [-0.15, -0.1) is 0 Å². The normalized spacial score (nSPS) is 26.3. The molecule has 0 aromatic rings. The topological polar surface area (TPSA) is 40.5 Å². The molecule has 1 amide bonds. The second kappa shape index (κ2) is 3.54. The zero-order chi connectivity index (χ0) is 10.2. The van der Waals surface area contributed by atoms with E-state index in [1.165, 1.54) is 6.42 Å². The zero-order valence-electron chi connectivity index (χ0n) is 8.83. The van der Waals surface area contributed by atoms with Gasteiger partial charge in [0.1, 0.15) is 5.60 Å². The molecular formula is C11H19NO2. The molecule has 3 heteroatoms. The van der Waals surface area contributed by atoms with E-state index in [1.807, 2.05) is 4.90 Å². The van der Waals surface area contributed by atoms with Crippen LogP contribution in [0.3, 0.4) is 0 Å². The number of piperidine rings is 1. The average Bonchev–Trinajstić information content (AvgIpc) is 2.97. The molecule has 1 saturated heterocycles. The van der Waals surface area contributed by atoms with Crippen molar-refractivity contribution < 1.29 is 9.90 Å². The Kier molecular flexibility index (Phi) is 2.52. The van der Waals surface area contributed by atoms with Gasteiger partial charge in [0.25, 0.3) is 5.91 Å². The lowest BCUT2D eigenvalue weighted by molar-refractivity contribution is -0.143. The summed E-state index contributed by atoms with van der Waals surface area (Å²) in [6.07, 6.45) is 4.77. The summed E-state index contributed by atoms with van der Waals surface area (Å²) in [6.45, 7) is 3.90. The lowest BCUT2D eigenvalue weighted by atomic mass is 9.94. The summed E-state index contributed by atoms with van der Waals surface area (Å²) in [5, 5.41) is 9.68. The fraction of sp³-hybridized carbons (Fsp3) is 0.909. The number of likely N-dealkylation sites (tertiary alicyclic amines) is 1. The standard InChI is InChI=1S/C11H19NO2/c1-2-9-3-7-12(8-4-9)10(13)11(14)5-6-11/h9,14H,2-8H2,1H3. The van der Waals surface area contributed by atoms with Crippen LogP contribution in [0.2, 0.25) is 0 Å². The highest BCUT2D eigenvalue weighted by molar-refractivity contribution is 5.87. The molecule has 2 fully saturated rings. The molecule has 80 valence electrons. The first-order valence-electron chi connectivity index (χ1n) is 5.67. The monoisotopic (exact) mass is 197 g/mol. The highest BCUT2D eigenvalue weighted by atomic mass is 16.3. The number of amides is 1. The van der Waals surface area contributed by atoms with Gasteiger partial charge in [-0.1, -0.05) is 13.3 Å². The first-order valence-corrected chi connectivity index (χ1v) is 5.67. The van der Waals surface area contributed by atoms with Gasteiger partial charge in [0.05, 0.1) is 0 Å². The van der Waals surface area contributed by atoms with E-state index in [0.29, 0.717) is 12.8 Å². The molecule has 1 aliphatic carbocycles. The van der Waals surface area contributed by atoms with E-state index in [9.17, 15) is 9.90 Å². The van der Waals surface area contributed by atoms with Crippen LogP contribution < -0.4 is 0 Å². The van der Waals surface area contributed by atoms with Crippen molar-refractivity contribution >= 4 is 5.91 Å². The zero-order valence-corrected chi connectivity index (χ0v) is 8.83. The van der Waals surface area contributed by atoms with Crippen molar-refractivity contribution in [2.75, 3.05) is 13.1 Å². The number of hydrogen-bond acceptors (Lipinski definition) is 2. The van der Waals surface area contributed by atoms with Gasteiger partial charge in [-0.3, -0.25) is 4.79 Å². The van der Waals surface area contributed by atoms with E-state index in [1.54, 1.807) is 0 Å². The lowest BCUT2D eigenvalue weighted by Gasteiger charge is -2.32. The maximum absolute atomic E-state index is 11.8. The molecule has 0 radical (unpaired) electrons. The summed E-state index contributed by atoms with van der Waals surface area (Å²) in [4.78, 5) is 13.6. The van der Waals surface area contributed by atoms with Crippen molar-refractivity contribution in [1.29, 1.82) is 0 Å². The molecule has 2 aliphatic rings. The summed E-state index contributed by atoms with van der Waals surface area (Å²) in [5.41, 5.74) is -0.959. The minimum absolute atomic E-state index is 0.0212. The van der Waals surface area contributed by atoms with Crippen LogP contribution in [-0.4, -0.2) is 34.6 Å². The van der Waals surface area contributed by atoms with Crippen molar-refractivity contribution in [3.05, 3.63) is 0 Å². The summed E-state index contributed by atoms with van der Waals surface area (Å²) in [5.74, 6) is 0.764. The lowest BCUT2D eigenvalue weighted by Crippen LogP contribution is -2.44. The summed E-state index contributed by atoms with van der Waals surface area (Å²) in [7, 11) is 0. The quantitative estimate of drug-likeness (QED) is 0.721. The minimum Gasteiger partial charge on any atom is -0.380 e. The van der Waals surface area contributed by atoms with Crippen LogP contribution >= 0.6 is 0 Å².